The molecule has 0 radical (unpaired) electrons. The van der Waals surface area contributed by atoms with Crippen LogP contribution in [0.15, 0.2) is 24.3 Å². The lowest BCUT2D eigenvalue weighted by atomic mass is 10.1. The van der Waals surface area contributed by atoms with Crippen LogP contribution in [0.5, 0.6) is 0 Å². The van der Waals surface area contributed by atoms with E-state index in [2.05, 4.69) is 29.4 Å². The molecule has 1 aromatic carbocycles. The van der Waals surface area contributed by atoms with E-state index in [1.807, 2.05) is 30.0 Å². The van der Waals surface area contributed by atoms with Crippen molar-refractivity contribution >= 4 is 39.9 Å². The molecule has 2 rings (SSSR count). The van der Waals surface area contributed by atoms with Gasteiger partial charge in [-0.2, -0.15) is 0 Å². The van der Waals surface area contributed by atoms with E-state index in [0.717, 1.165) is 37.7 Å². The lowest BCUT2D eigenvalue weighted by molar-refractivity contribution is -0.133. The topological polar surface area (TPSA) is 75.2 Å². The van der Waals surface area contributed by atoms with E-state index in [1.165, 1.54) is 11.3 Å². The molecule has 1 heterocycles. The Bertz CT molecular complexity index is 827. The van der Waals surface area contributed by atoms with Crippen LogP contribution >= 0.6 is 22.9 Å². The summed E-state index contributed by atoms with van der Waals surface area (Å²) in [6, 6.07) is 7.47. The van der Waals surface area contributed by atoms with E-state index in [1.54, 1.807) is 6.07 Å². The molecular weight excluding hydrogens is 420 g/mol. The number of carbonyl (C=O) groups excluding carboxylic acids is 2. The highest BCUT2D eigenvalue weighted by Crippen LogP contribution is 2.28. The number of rotatable bonds is 12. The molecule has 0 fully saturated rings. The lowest BCUT2D eigenvalue weighted by Gasteiger charge is -2.28. The number of amides is 2. The Kier molecular flexibility index (Phi) is 10.2. The molecule has 2 aromatic rings. The average molecular weight is 451 g/mol. The van der Waals surface area contributed by atoms with Crippen molar-refractivity contribution in [3.63, 3.8) is 0 Å². The number of hydrogen-bond acceptors (Lipinski definition) is 5. The van der Waals surface area contributed by atoms with Gasteiger partial charge in [0.05, 0.1) is 0 Å². The van der Waals surface area contributed by atoms with Crippen molar-refractivity contribution in [1.29, 1.82) is 0 Å². The summed E-state index contributed by atoms with van der Waals surface area (Å²) in [4.78, 5) is 26.9. The van der Waals surface area contributed by atoms with Gasteiger partial charge in [-0.15, -0.1) is 10.2 Å². The van der Waals surface area contributed by atoms with Crippen molar-refractivity contribution in [2.45, 2.75) is 71.8 Å². The van der Waals surface area contributed by atoms with Gasteiger partial charge in [0.2, 0.25) is 16.9 Å². The normalized spacial score (nSPS) is 11.9. The Morgan fingerprint density at radius 3 is 2.67 bits per heavy atom. The minimum atomic E-state index is -0.170. The molecule has 30 heavy (non-hydrogen) atoms. The van der Waals surface area contributed by atoms with E-state index in [-0.39, 0.29) is 24.3 Å². The molecule has 0 aliphatic heterocycles. The van der Waals surface area contributed by atoms with Gasteiger partial charge in [-0.3, -0.25) is 9.59 Å². The Morgan fingerprint density at radius 2 is 1.97 bits per heavy atom. The van der Waals surface area contributed by atoms with Gasteiger partial charge in [-0.05, 0) is 31.9 Å². The zero-order chi connectivity index (χ0) is 21.9. The van der Waals surface area contributed by atoms with E-state index >= 15 is 0 Å². The molecule has 0 bridgehead atoms. The summed E-state index contributed by atoms with van der Waals surface area (Å²) in [6.45, 7) is 6.65. The standard InChI is InChI=1S/C22H31ClN4O2S/c1-4-6-7-8-12-20(29)27(16(3)5-2)14-13-19(28)24-22-26-25-21(30-22)17-10-9-11-18(23)15-17/h9-11,15-16H,4-8,12-14H2,1-3H3,(H,24,26,28). The molecule has 0 aliphatic carbocycles. The largest absolute Gasteiger partial charge is 0.339 e. The van der Waals surface area contributed by atoms with E-state index in [0.29, 0.717) is 28.1 Å². The second-order valence-corrected chi connectivity index (χ2v) is 8.79. The van der Waals surface area contributed by atoms with Crippen molar-refractivity contribution in [2.75, 3.05) is 11.9 Å². The Morgan fingerprint density at radius 1 is 1.17 bits per heavy atom. The number of benzene rings is 1. The van der Waals surface area contributed by atoms with Crippen LogP contribution in [0.25, 0.3) is 10.6 Å². The number of hydrogen-bond donors (Lipinski definition) is 1. The third-order valence-electron chi connectivity index (χ3n) is 5.01. The van der Waals surface area contributed by atoms with Gasteiger partial charge in [0.25, 0.3) is 0 Å². The first-order chi connectivity index (χ1) is 14.4. The number of nitrogens with zero attached hydrogens (tertiary/aromatic N) is 3. The third kappa shape index (κ3) is 7.69. The van der Waals surface area contributed by atoms with E-state index < -0.39 is 0 Å². The van der Waals surface area contributed by atoms with Crippen molar-refractivity contribution in [3.8, 4) is 10.6 Å². The maximum atomic E-state index is 12.6. The molecule has 164 valence electrons. The van der Waals surface area contributed by atoms with E-state index in [9.17, 15) is 9.59 Å². The molecule has 1 unspecified atom stereocenters. The highest BCUT2D eigenvalue weighted by molar-refractivity contribution is 7.18. The molecule has 1 N–H and O–H groups in total. The predicted molar refractivity (Wildman–Crippen MR) is 124 cm³/mol. The predicted octanol–water partition coefficient (Wildman–Crippen LogP) is 5.78. The summed E-state index contributed by atoms with van der Waals surface area (Å²) >= 11 is 7.32. The molecule has 8 heteroatoms. The molecule has 1 atom stereocenters. The highest BCUT2D eigenvalue weighted by Gasteiger charge is 2.20. The highest BCUT2D eigenvalue weighted by atomic mass is 35.5. The molecular formula is C22H31ClN4O2S. The van der Waals surface area contributed by atoms with Crippen LogP contribution < -0.4 is 5.32 Å². The fourth-order valence-electron chi connectivity index (χ4n) is 3.07. The molecule has 2 amide bonds. The minimum absolute atomic E-state index is 0.118. The maximum absolute atomic E-state index is 12.6. The zero-order valence-electron chi connectivity index (χ0n) is 18.0. The van der Waals surface area contributed by atoms with Crippen LogP contribution in [0.3, 0.4) is 0 Å². The van der Waals surface area contributed by atoms with Crippen LogP contribution in [0, 0.1) is 0 Å². The van der Waals surface area contributed by atoms with Gasteiger partial charge in [0.1, 0.15) is 5.01 Å². The second-order valence-electron chi connectivity index (χ2n) is 7.38. The summed E-state index contributed by atoms with van der Waals surface area (Å²) in [6.07, 6.45) is 5.92. The first-order valence-corrected chi connectivity index (χ1v) is 11.8. The number of halogens is 1. The minimum Gasteiger partial charge on any atom is -0.339 e. The molecule has 6 nitrogen and oxygen atoms in total. The van der Waals surface area contributed by atoms with Gasteiger partial charge in [0.15, 0.2) is 0 Å². The molecule has 1 aromatic heterocycles. The van der Waals surface area contributed by atoms with E-state index in [4.69, 9.17) is 11.6 Å². The lowest BCUT2D eigenvalue weighted by Crippen LogP contribution is -2.40. The second kappa shape index (κ2) is 12.6. The van der Waals surface area contributed by atoms with Crippen molar-refractivity contribution < 1.29 is 9.59 Å². The van der Waals surface area contributed by atoms with Gasteiger partial charge >= 0.3 is 0 Å². The molecule has 0 saturated carbocycles. The van der Waals surface area contributed by atoms with Crippen molar-refractivity contribution in [2.24, 2.45) is 0 Å². The van der Waals surface area contributed by atoms with Gasteiger partial charge in [-0.1, -0.05) is 68.2 Å². The van der Waals surface area contributed by atoms with Crippen LogP contribution in [-0.4, -0.2) is 39.5 Å². The number of carbonyl (C=O) groups is 2. The third-order valence-corrected chi connectivity index (χ3v) is 6.13. The van der Waals surface area contributed by atoms with Crippen molar-refractivity contribution in [1.82, 2.24) is 15.1 Å². The zero-order valence-corrected chi connectivity index (χ0v) is 19.6. The maximum Gasteiger partial charge on any atom is 0.227 e. The van der Waals surface area contributed by atoms with Crippen LogP contribution in [-0.2, 0) is 9.59 Å². The fraction of sp³-hybridized carbons (Fsp3) is 0.545. The molecule has 0 saturated heterocycles. The number of aromatic nitrogens is 2. The summed E-state index contributed by atoms with van der Waals surface area (Å²) in [5.74, 6) is -0.0386. The number of nitrogens with one attached hydrogen (secondary N) is 1. The SMILES string of the molecule is CCCCCCC(=O)N(CCC(=O)Nc1nnc(-c2cccc(Cl)c2)s1)C(C)CC. The Hall–Kier alpha value is -1.99. The van der Waals surface area contributed by atoms with Crippen LogP contribution in [0.1, 0.15) is 65.7 Å². The first-order valence-electron chi connectivity index (χ1n) is 10.6. The first kappa shape index (κ1) is 24.3. The Labute approximate surface area is 188 Å². The average Bonchev–Trinajstić information content (AvgIpc) is 3.19. The summed E-state index contributed by atoms with van der Waals surface area (Å²) < 4.78 is 0. The number of anilines is 1. The smallest absolute Gasteiger partial charge is 0.227 e. The quantitative estimate of drug-likeness (QED) is 0.415. The van der Waals surface area contributed by atoms with Gasteiger partial charge in [-0.25, -0.2) is 0 Å². The summed E-state index contributed by atoms with van der Waals surface area (Å²) in [5, 5.41) is 12.7. The Balaban J connectivity index is 1.88. The monoisotopic (exact) mass is 450 g/mol. The number of unbranched alkanes of at least 4 members (excludes halogenated alkanes) is 3. The molecule has 0 spiro atoms. The van der Waals surface area contributed by atoms with Crippen LogP contribution in [0.4, 0.5) is 5.13 Å². The summed E-state index contributed by atoms with van der Waals surface area (Å²) in [5.41, 5.74) is 0.858. The van der Waals surface area contributed by atoms with Crippen molar-refractivity contribution in [3.05, 3.63) is 29.3 Å². The van der Waals surface area contributed by atoms with Gasteiger partial charge < -0.3 is 10.2 Å². The van der Waals surface area contributed by atoms with Crippen LogP contribution in [0.2, 0.25) is 5.02 Å². The van der Waals surface area contributed by atoms with Gasteiger partial charge in [0, 0.05) is 36.0 Å². The fourth-order valence-corrected chi connectivity index (χ4v) is 4.02. The summed E-state index contributed by atoms with van der Waals surface area (Å²) in [7, 11) is 0. The molecule has 0 aliphatic rings.